The molecule has 4 rings (SSSR count). The molecule has 1 N–H and O–H groups in total. The average molecular weight is 298 g/mol. The highest BCUT2D eigenvalue weighted by atomic mass is 32.2. The van der Waals surface area contributed by atoms with Gasteiger partial charge in [0.1, 0.15) is 5.84 Å². The molecular weight excluding hydrogens is 284 g/mol. The lowest BCUT2D eigenvalue weighted by atomic mass is 10.1. The molecule has 1 aliphatic carbocycles. The van der Waals surface area contributed by atoms with E-state index in [0.29, 0.717) is 16.3 Å². The summed E-state index contributed by atoms with van der Waals surface area (Å²) >= 11 is 0. The van der Waals surface area contributed by atoms with Gasteiger partial charge in [-0.05, 0) is 36.1 Å². The number of sulfonamides is 1. The summed E-state index contributed by atoms with van der Waals surface area (Å²) in [5.41, 5.74) is 3.29. The Morgan fingerprint density at radius 3 is 2.29 bits per heavy atom. The van der Waals surface area contributed by atoms with Gasteiger partial charge in [0.15, 0.2) is 0 Å². The molecule has 0 spiro atoms. The molecule has 0 amide bonds. The van der Waals surface area contributed by atoms with Crippen LogP contribution in [0.2, 0.25) is 0 Å². The third-order valence-electron chi connectivity index (χ3n) is 4.00. The number of amidine groups is 1. The van der Waals surface area contributed by atoms with Crippen molar-refractivity contribution in [1.82, 2.24) is 4.72 Å². The first-order chi connectivity index (χ1) is 10.1. The van der Waals surface area contributed by atoms with Crippen LogP contribution in [0.15, 0.2) is 58.4 Å². The first-order valence-electron chi connectivity index (χ1n) is 6.90. The number of hydrogen-bond acceptors (Lipinski definition) is 3. The predicted molar refractivity (Wildman–Crippen MR) is 80.9 cm³/mol. The standard InChI is InChI=1S/C16H14N2O2S/c19-21(20)15-8-4-3-7-14(15)16(18-21)17-13-9-11-5-1-2-6-12(11)10-13/h1-8,13H,9-10H2,(H,17,18). The highest BCUT2D eigenvalue weighted by molar-refractivity contribution is 7.90. The van der Waals surface area contributed by atoms with Gasteiger partial charge >= 0.3 is 0 Å². The van der Waals surface area contributed by atoms with Crippen molar-refractivity contribution in [3.63, 3.8) is 0 Å². The van der Waals surface area contributed by atoms with E-state index in [1.54, 1.807) is 18.2 Å². The minimum atomic E-state index is -3.44. The maximum atomic E-state index is 12.1. The van der Waals surface area contributed by atoms with Crippen LogP contribution in [0.5, 0.6) is 0 Å². The van der Waals surface area contributed by atoms with Gasteiger partial charge in [-0.15, -0.1) is 0 Å². The first kappa shape index (κ1) is 12.6. The van der Waals surface area contributed by atoms with Crippen LogP contribution >= 0.6 is 0 Å². The molecule has 2 aromatic carbocycles. The Morgan fingerprint density at radius 1 is 0.952 bits per heavy atom. The van der Waals surface area contributed by atoms with E-state index in [2.05, 4.69) is 21.8 Å². The molecule has 0 fully saturated rings. The molecular formula is C16H14N2O2S. The molecule has 106 valence electrons. The van der Waals surface area contributed by atoms with Crippen molar-refractivity contribution in [3.8, 4) is 0 Å². The van der Waals surface area contributed by atoms with Crippen molar-refractivity contribution in [1.29, 1.82) is 0 Å². The van der Waals surface area contributed by atoms with E-state index in [-0.39, 0.29) is 6.04 Å². The molecule has 0 saturated carbocycles. The average Bonchev–Trinajstić information content (AvgIpc) is 2.98. The fraction of sp³-hybridized carbons (Fsp3) is 0.188. The molecule has 21 heavy (non-hydrogen) atoms. The van der Waals surface area contributed by atoms with Crippen LogP contribution in [0, 0.1) is 0 Å². The summed E-state index contributed by atoms with van der Waals surface area (Å²) in [5.74, 6) is 0.475. The lowest BCUT2D eigenvalue weighted by Gasteiger charge is -2.05. The second kappa shape index (κ2) is 4.43. The maximum Gasteiger partial charge on any atom is 0.263 e. The van der Waals surface area contributed by atoms with Crippen LogP contribution in [0.1, 0.15) is 16.7 Å². The second-order valence-electron chi connectivity index (χ2n) is 5.41. The summed E-state index contributed by atoms with van der Waals surface area (Å²) in [5, 5.41) is 0. The van der Waals surface area contributed by atoms with E-state index in [1.165, 1.54) is 11.1 Å². The summed E-state index contributed by atoms with van der Waals surface area (Å²) < 4.78 is 26.7. The molecule has 0 aromatic heterocycles. The van der Waals surface area contributed by atoms with Crippen molar-refractivity contribution in [2.45, 2.75) is 23.8 Å². The highest BCUT2D eigenvalue weighted by Crippen LogP contribution is 2.27. The van der Waals surface area contributed by atoms with E-state index < -0.39 is 10.0 Å². The van der Waals surface area contributed by atoms with Crippen molar-refractivity contribution in [3.05, 3.63) is 65.2 Å². The topological polar surface area (TPSA) is 58.5 Å². The maximum absolute atomic E-state index is 12.1. The minimum Gasteiger partial charge on any atom is -0.263 e. The van der Waals surface area contributed by atoms with Crippen molar-refractivity contribution in [2.24, 2.45) is 4.99 Å². The van der Waals surface area contributed by atoms with Gasteiger partial charge < -0.3 is 0 Å². The second-order valence-corrected chi connectivity index (χ2v) is 7.06. The zero-order chi connectivity index (χ0) is 14.4. The van der Waals surface area contributed by atoms with Crippen molar-refractivity contribution < 1.29 is 8.42 Å². The Morgan fingerprint density at radius 2 is 1.57 bits per heavy atom. The number of nitrogens with zero attached hydrogens (tertiary/aromatic N) is 1. The van der Waals surface area contributed by atoms with Crippen LogP contribution in [0.3, 0.4) is 0 Å². The molecule has 0 saturated heterocycles. The molecule has 0 bridgehead atoms. The molecule has 2 aromatic rings. The summed E-state index contributed by atoms with van der Waals surface area (Å²) in [6.45, 7) is 0. The third kappa shape index (κ3) is 2.05. The fourth-order valence-corrected chi connectivity index (χ4v) is 4.28. The Hall–Kier alpha value is -2.14. The molecule has 1 aliphatic heterocycles. The lowest BCUT2D eigenvalue weighted by molar-refractivity contribution is 0.595. The molecule has 0 atom stereocenters. The Balaban J connectivity index is 1.71. The molecule has 1 heterocycles. The van der Waals surface area contributed by atoms with E-state index >= 15 is 0 Å². The van der Waals surface area contributed by atoms with Crippen LogP contribution in [0.25, 0.3) is 0 Å². The van der Waals surface area contributed by atoms with Crippen molar-refractivity contribution >= 4 is 15.9 Å². The summed E-state index contributed by atoms with van der Waals surface area (Å²) in [7, 11) is -3.44. The molecule has 2 aliphatic rings. The Labute approximate surface area is 123 Å². The van der Waals surface area contributed by atoms with Crippen molar-refractivity contribution in [2.75, 3.05) is 0 Å². The number of nitrogens with one attached hydrogen (secondary N) is 1. The van der Waals surface area contributed by atoms with Gasteiger partial charge in [0.2, 0.25) is 0 Å². The van der Waals surface area contributed by atoms with Crippen LogP contribution < -0.4 is 4.72 Å². The molecule has 5 heteroatoms. The van der Waals surface area contributed by atoms with E-state index in [0.717, 1.165) is 12.8 Å². The zero-order valence-electron chi connectivity index (χ0n) is 11.3. The van der Waals surface area contributed by atoms with E-state index in [4.69, 9.17) is 0 Å². The Bertz CT molecular complexity index is 831. The van der Waals surface area contributed by atoms with Gasteiger partial charge in [0.25, 0.3) is 10.0 Å². The van der Waals surface area contributed by atoms with Gasteiger partial charge in [0.05, 0.1) is 10.9 Å². The normalized spacial score (nSPS) is 21.0. The lowest BCUT2D eigenvalue weighted by Crippen LogP contribution is -2.24. The van der Waals surface area contributed by atoms with Gasteiger partial charge in [-0.2, -0.15) is 0 Å². The van der Waals surface area contributed by atoms with E-state index in [1.807, 2.05) is 18.2 Å². The monoisotopic (exact) mass is 298 g/mol. The van der Waals surface area contributed by atoms with Crippen LogP contribution in [-0.4, -0.2) is 20.3 Å². The third-order valence-corrected chi connectivity index (χ3v) is 5.40. The van der Waals surface area contributed by atoms with Gasteiger partial charge in [-0.25, -0.2) is 8.42 Å². The minimum absolute atomic E-state index is 0.103. The summed E-state index contributed by atoms with van der Waals surface area (Å²) in [6, 6.07) is 15.4. The van der Waals surface area contributed by atoms with Crippen LogP contribution in [-0.2, 0) is 22.9 Å². The number of fused-ring (bicyclic) bond motifs is 2. The number of benzene rings is 2. The molecule has 4 nitrogen and oxygen atoms in total. The number of rotatable bonds is 1. The smallest absolute Gasteiger partial charge is 0.263 e. The van der Waals surface area contributed by atoms with Gasteiger partial charge in [0, 0.05) is 5.56 Å². The Kier molecular flexibility index (Phi) is 2.65. The fourth-order valence-electron chi connectivity index (χ4n) is 3.04. The molecule has 0 unspecified atom stereocenters. The first-order valence-corrected chi connectivity index (χ1v) is 8.38. The SMILES string of the molecule is O=S1(=O)NC(=NC2Cc3ccccc3C2)c2ccccc21. The predicted octanol–water partition coefficient (Wildman–Crippen LogP) is 1.89. The molecule has 0 radical (unpaired) electrons. The quantitative estimate of drug-likeness (QED) is 0.874. The van der Waals surface area contributed by atoms with Gasteiger partial charge in [-0.1, -0.05) is 36.4 Å². The largest absolute Gasteiger partial charge is 0.263 e. The number of aliphatic imine (C=N–C) groups is 1. The van der Waals surface area contributed by atoms with Gasteiger partial charge in [-0.3, -0.25) is 9.71 Å². The van der Waals surface area contributed by atoms with E-state index in [9.17, 15) is 8.42 Å². The van der Waals surface area contributed by atoms with Crippen LogP contribution in [0.4, 0.5) is 0 Å². The highest BCUT2D eigenvalue weighted by Gasteiger charge is 2.31. The zero-order valence-corrected chi connectivity index (χ0v) is 12.1. The number of hydrogen-bond donors (Lipinski definition) is 1. The summed E-state index contributed by atoms with van der Waals surface area (Å²) in [4.78, 5) is 4.97. The summed E-state index contributed by atoms with van der Waals surface area (Å²) in [6.07, 6.45) is 1.73.